The van der Waals surface area contributed by atoms with E-state index in [1.807, 2.05) is 0 Å². The highest BCUT2D eigenvalue weighted by atomic mass is 79.9. The van der Waals surface area contributed by atoms with Crippen molar-refractivity contribution in [1.82, 2.24) is 9.97 Å². The molecule has 0 aliphatic carbocycles. The van der Waals surface area contributed by atoms with Crippen molar-refractivity contribution in [1.29, 1.82) is 0 Å². The summed E-state index contributed by atoms with van der Waals surface area (Å²) in [6.07, 6.45) is 0.266. The van der Waals surface area contributed by atoms with Gasteiger partial charge in [0.2, 0.25) is 0 Å². The van der Waals surface area contributed by atoms with Crippen LogP contribution in [0.3, 0.4) is 0 Å². The average Bonchev–Trinajstić information content (AvgIpc) is 2.45. The van der Waals surface area contributed by atoms with Crippen LogP contribution in [0.2, 0.25) is 0 Å². The Morgan fingerprint density at radius 3 is 2.79 bits per heavy atom. The van der Waals surface area contributed by atoms with Crippen molar-refractivity contribution in [3.8, 4) is 0 Å². The molecule has 5 nitrogen and oxygen atoms in total. The Balaban J connectivity index is 2.93. The maximum atomic E-state index is 11.4. The Hall–Kier alpha value is -1.17. The molecule has 1 heterocycles. The molecule has 0 unspecified atom stereocenters. The number of nitrogens with zero attached hydrogens (tertiary/aromatic N) is 1. The predicted octanol–water partition coefficient (Wildman–Crippen LogP) is 1.55. The van der Waals surface area contributed by atoms with Crippen molar-refractivity contribution in [3.05, 3.63) is 16.1 Å². The topological polar surface area (TPSA) is 72.1 Å². The Kier molecular flexibility index (Phi) is 3.40. The van der Waals surface area contributed by atoms with Gasteiger partial charge < -0.3 is 9.72 Å². The molecule has 6 heteroatoms. The lowest BCUT2D eigenvalue weighted by atomic mass is 10.3. The summed E-state index contributed by atoms with van der Waals surface area (Å²) in [5.74, 6) is -0.583. The van der Waals surface area contributed by atoms with Crippen LogP contribution in [0.4, 0.5) is 0 Å². The summed E-state index contributed by atoms with van der Waals surface area (Å²) >= 11 is 3.02. The summed E-state index contributed by atoms with van der Waals surface area (Å²) in [7, 11) is 0. The minimum Gasteiger partial charge on any atom is -0.458 e. The fourth-order valence-electron chi connectivity index (χ4n) is 0.871. The molecule has 0 saturated carbocycles. The molecule has 0 radical (unpaired) electrons. The van der Waals surface area contributed by atoms with Crippen LogP contribution >= 0.6 is 15.9 Å². The van der Waals surface area contributed by atoms with Gasteiger partial charge in [-0.3, -0.25) is 4.79 Å². The van der Waals surface area contributed by atoms with Crippen LogP contribution in [0.25, 0.3) is 0 Å². The molecule has 0 spiro atoms. The minimum atomic E-state index is -0.583. The van der Waals surface area contributed by atoms with E-state index in [1.165, 1.54) is 0 Å². The van der Waals surface area contributed by atoms with E-state index in [-0.39, 0.29) is 17.5 Å². The van der Waals surface area contributed by atoms with Gasteiger partial charge in [-0.15, -0.1) is 0 Å². The third kappa shape index (κ3) is 2.41. The normalized spacial score (nSPS) is 10.3. The second kappa shape index (κ2) is 4.36. The van der Waals surface area contributed by atoms with Crippen molar-refractivity contribution in [3.63, 3.8) is 0 Å². The quantitative estimate of drug-likeness (QED) is 0.661. The van der Waals surface area contributed by atoms with Crippen molar-refractivity contribution in [2.24, 2.45) is 0 Å². The number of carbonyl (C=O) groups excluding carboxylic acids is 2. The smallest absolute Gasteiger partial charge is 0.357 e. The average molecular weight is 261 g/mol. The highest BCUT2D eigenvalue weighted by Gasteiger charge is 2.18. The maximum absolute atomic E-state index is 11.4. The molecular weight excluding hydrogens is 252 g/mol. The highest BCUT2D eigenvalue weighted by molar-refractivity contribution is 9.10. The van der Waals surface area contributed by atoms with Gasteiger partial charge in [0.25, 0.3) is 0 Å². The number of rotatable bonds is 3. The molecule has 14 heavy (non-hydrogen) atoms. The second-order valence-corrected chi connectivity index (χ2v) is 3.61. The number of ether oxygens (including phenoxy) is 1. The molecule has 0 aliphatic rings. The van der Waals surface area contributed by atoms with E-state index in [9.17, 15) is 9.59 Å². The van der Waals surface area contributed by atoms with Gasteiger partial charge in [0.1, 0.15) is 5.69 Å². The first-order chi connectivity index (χ1) is 6.54. The number of hydrogen-bond donors (Lipinski definition) is 1. The van der Waals surface area contributed by atoms with Crippen molar-refractivity contribution in [2.45, 2.75) is 20.0 Å². The molecule has 0 atom stereocenters. The van der Waals surface area contributed by atoms with Gasteiger partial charge in [-0.2, -0.15) is 0 Å². The lowest BCUT2D eigenvalue weighted by Crippen LogP contribution is -2.13. The molecule has 76 valence electrons. The number of hydrogen-bond acceptors (Lipinski definition) is 4. The molecule has 0 saturated heterocycles. The van der Waals surface area contributed by atoms with Crippen LogP contribution < -0.4 is 0 Å². The largest absolute Gasteiger partial charge is 0.458 e. The number of H-pyrrole nitrogens is 1. The third-order valence-electron chi connectivity index (χ3n) is 1.36. The summed E-state index contributed by atoms with van der Waals surface area (Å²) < 4.78 is 5.23. The fraction of sp³-hybridized carbons (Fsp3) is 0.375. The van der Waals surface area contributed by atoms with Gasteiger partial charge in [-0.05, 0) is 29.8 Å². The van der Waals surface area contributed by atoms with Gasteiger partial charge in [0, 0.05) is 0 Å². The molecule has 0 aliphatic heterocycles. The molecule has 1 N–H and O–H groups in total. The Bertz CT molecular complexity index is 359. The zero-order valence-electron chi connectivity index (χ0n) is 7.70. The number of halogens is 1. The Morgan fingerprint density at radius 1 is 1.64 bits per heavy atom. The third-order valence-corrected chi connectivity index (χ3v) is 1.74. The van der Waals surface area contributed by atoms with Gasteiger partial charge in [0.15, 0.2) is 16.7 Å². The second-order valence-electron chi connectivity index (χ2n) is 2.86. The Morgan fingerprint density at radius 2 is 2.29 bits per heavy atom. The van der Waals surface area contributed by atoms with Crippen molar-refractivity contribution >= 4 is 28.2 Å². The predicted molar refractivity (Wildman–Crippen MR) is 52.2 cm³/mol. The van der Waals surface area contributed by atoms with E-state index in [4.69, 9.17) is 4.74 Å². The number of nitrogens with one attached hydrogen (secondary N) is 1. The summed E-state index contributed by atoms with van der Waals surface area (Å²) in [5.41, 5.74) is 0.114. The lowest BCUT2D eigenvalue weighted by Gasteiger charge is -2.05. The SMILES string of the molecule is CC(C)OC(=O)c1[nH]c(Br)nc1C=O. The van der Waals surface area contributed by atoms with E-state index in [2.05, 4.69) is 25.9 Å². The number of imidazole rings is 1. The number of carbonyl (C=O) groups is 2. The minimum absolute atomic E-state index is 0.0440. The lowest BCUT2D eigenvalue weighted by molar-refractivity contribution is 0.0369. The Labute approximate surface area is 89.0 Å². The van der Waals surface area contributed by atoms with E-state index in [0.29, 0.717) is 11.0 Å². The van der Waals surface area contributed by atoms with Crippen molar-refractivity contribution in [2.75, 3.05) is 0 Å². The summed E-state index contributed by atoms with van der Waals surface area (Å²) in [6.45, 7) is 3.45. The van der Waals surface area contributed by atoms with Gasteiger partial charge in [-0.25, -0.2) is 9.78 Å². The molecule has 0 fully saturated rings. The maximum Gasteiger partial charge on any atom is 0.357 e. The molecule has 0 amide bonds. The van der Waals surface area contributed by atoms with Crippen LogP contribution in [0.1, 0.15) is 34.8 Å². The molecule has 0 bridgehead atoms. The summed E-state index contributed by atoms with van der Waals surface area (Å²) in [6, 6.07) is 0. The first-order valence-corrected chi connectivity index (χ1v) is 4.75. The summed E-state index contributed by atoms with van der Waals surface area (Å²) in [5, 5.41) is 0. The number of esters is 1. The van der Waals surface area contributed by atoms with E-state index in [1.54, 1.807) is 13.8 Å². The molecule has 1 aromatic heterocycles. The van der Waals surface area contributed by atoms with Crippen molar-refractivity contribution < 1.29 is 14.3 Å². The highest BCUT2D eigenvalue weighted by Crippen LogP contribution is 2.11. The number of aldehydes is 1. The monoisotopic (exact) mass is 260 g/mol. The fourth-order valence-corrected chi connectivity index (χ4v) is 1.26. The van der Waals surface area contributed by atoms with Gasteiger partial charge >= 0.3 is 5.97 Å². The van der Waals surface area contributed by atoms with E-state index in [0.717, 1.165) is 0 Å². The molecular formula is C8H9BrN2O3. The summed E-state index contributed by atoms with van der Waals surface area (Å²) in [4.78, 5) is 28.2. The van der Waals surface area contributed by atoms with Crippen LogP contribution in [0.5, 0.6) is 0 Å². The number of aromatic nitrogens is 2. The standard InChI is InChI=1S/C8H9BrN2O3/c1-4(2)14-7(13)6-5(3-12)10-8(9)11-6/h3-4H,1-2H3,(H,10,11). The van der Waals surface area contributed by atoms with Crippen LogP contribution in [0, 0.1) is 0 Å². The first kappa shape index (κ1) is 10.9. The van der Waals surface area contributed by atoms with Crippen LogP contribution in [0.15, 0.2) is 4.73 Å². The van der Waals surface area contributed by atoms with Crippen LogP contribution in [-0.2, 0) is 4.74 Å². The molecule has 1 rings (SSSR count). The zero-order chi connectivity index (χ0) is 10.7. The van der Waals surface area contributed by atoms with Gasteiger partial charge in [-0.1, -0.05) is 0 Å². The van der Waals surface area contributed by atoms with E-state index < -0.39 is 5.97 Å². The number of aromatic amines is 1. The molecule has 1 aromatic rings. The van der Waals surface area contributed by atoms with Crippen LogP contribution in [-0.4, -0.2) is 28.3 Å². The van der Waals surface area contributed by atoms with Gasteiger partial charge in [0.05, 0.1) is 6.10 Å². The molecule has 0 aromatic carbocycles. The van der Waals surface area contributed by atoms with E-state index >= 15 is 0 Å². The zero-order valence-corrected chi connectivity index (χ0v) is 9.29. The first-order valence-electron chi connectivity index (χ1n) is 3.96.